The predicted octanol–water partition coefficient (Wildman–Crippen LogP) is 3.61. The van der Waals surface area contributed by atoms with Crippen molar-refractivity contribution in [1.29, 1.82) is 0 Å². The molecule has 0 saturated carbocycles. The molecule has 0 aliphatic heterocycles. The van der Waals surface area contributed by atoms with E-state index in [4.69, 9.17) is 0 Å². The third-order valence-electron chi connectivity index (χ3n) is 3.68. The molecule has 0 fully saturated rings. The van der Waals surface area contributed by atoms with Gasteiger partial charge in [0.05, 0.1) is 4.92 Å². The summed E-state index contributed by atoms with van der Waals surface area (Å²) in [6, 6.07) is 9.07. The van der Waals surface area contributed by atoms with Gasteiger partial charge in [-0.1, -0.05) is 6.07 Å². The number of rotatable bonds is 7. The minimum atomic E-state index is -0.531. The Balaban J connectivity index is 2.21. The molecule has 0 unspecified atom stereocenters. The summed E-state index contributed by atoms with van der Waals surface area (Å²) in [5.74, 6) is -0.518. The lowest BCUT2D eigenvalue weighted by Gasteiger charge is -2.13. The van der Waals surface area contributed by atoms with Crippen LogP contribution < -0.4 is 5.32 Å². The van der Waals surface area contributed by atoms with E-state index in [2.05, 4.69) is 5.32 Å². The third-order valence-corrected chi connectivity index (χ3v) is 3.68. The molecule has 0 aliphatic rings. The lowest BCUT2D eigenvalue weighted by molar-refractivity contribution is -0.384. The number of halogens is 1. The van der Waals surface area contributed by atoms with Crippen LogP contribution in [0.2, 0.25) is 0 Å². The maximum Gasteiger partial charge on any atom is 0.293 e. The number of ketones is 1. The second-order valence-electron chi connectivity index (χ2n) is 6.06. The van der Waals surface area contributed by atoms with Crippen LogP contribution in [0.1, 0.15) is 28.4 Å². The van der Waals surface area contributed by atoms with Crippen molar-refractivity contribution in [3.63, 3.8) is 0 Å². The van der Waals surface area contributed by atoms with Crippen LogP contribution in [0.15, 0.2) is 36.4 Å². The largest absolute Gasteiger partial charge is 0.375 e. The molecule has 2 rings (SSSR count). The average molecular weight is 345 g/mol. The number of Topliss-reactive ketones (excluding diaryl/α,β-unsaturated/α-hetero) is 1. The fraction of sp³-hybridized carbons (Fsp3) is 0.278. The molecule has 0 radical (unpaired) electrons. The molecule has 25 heavy (non-hydrogen) atoms. The van der Waals surface area contributed by atoms with Gasteiger partial charge in [-0.3, -0.25) is 14.9 Å². The van der Waals surface area contributed by atoms with E-state index in [1.165, 1.54) is 25.1 Å². The molecule has 0 atom stereocenters. The van der Waals surface area contributed by atoms with Gasteiger partial charge in [-0.15, -0.1) is 0 Å². The summed E-state index contributed by atoms with van der Waals surface area (Å²) in [4.78, 5) is 23.9. The molecular weight excluding hydrogens is 325 g/mol. The second kappa shape index (κ2) is 7.85. The minimum absolute atomic E-state index is 0.164. The van der Waals surface area contributed by atoms with E-state index in [1.807, 2.05) is 19.0 Å². The van der Waals surface area contributed by atoms with Gasteiger partial charge in [0.1, 0.15) is 11.5 Å². The van der Waals surface area contributed by atoms with Crippen molar-refractivity contribution in [3.05, 3.63) is 69.0 Å². The first kappa shape index (κ1) is 18.5. The van der Waals surface area contributed by atoms with E-state index < -0.39 is 4.92 Å². The second-order valence-corrected chi connectivity index (χ2v) is 6.06. The van der Waals surface area contributed by atoms with Crippen molar-refractivity contribution < 1.29 is 14.1 Å². The summed E-state index contributed by atoms with van der Waals surface area (Å²) >= 11 is 0. The van der Waals surface area contributed by atoms with Gasteiger partial charge >= 0.3 is 0 Å². The molecule has 0 aromatic heterocycles. The number of nitro benzene ring substituents is 1. The van der Waals surface area contributed by atoms with E-state index >= 15 is 0 Å². The molecule has 0 spiro atoms. The van der Waals surface area contributed by atoms with Crippen LogP contribution in [0.5, 0.6) is 0 Å². The van der Waals surface area contributed by atoms with Gasteiger partial charge in [-0.2, -0.15) is 0 Å². The number of nitrogens with zero attached hydrogens (tertiary/aromatic N) is 2. The highest BCUT2D eigenvalue weighted by Crippen LogP contribution is 2.26. The van der Waals surface area contributed by atoms with Gasteiger partial charge in [0.25, 0.3) is 5.69 Å². The highest BCUT2D eigenvalue weighted by Gasteiger charge is 2.16. The van der Waals surface area contributed by atoms with Gasteiger partial charge in [-0.25, -0.2) is 4.39 Å². The average Bonchev–Trinajstić information content (AvgIpc) is 2.54. The first-order chi connectivity index (χ1) is 11.8. The van der Waals surface area contributed by atoms with E-state index in [9.17, 15) is 19.3 Å². The molecular formula is C18H20FN3O3. The van der Waals surface area contributed by atoms with Crippen molar-refractivity contribution in [3.8, 4) is 0 Å². The van der Waals surface area contributed by atoms with Crippen molar-refractivity contribution >= 4 is 17.2 Å². The quantitative estimate of drug-likeness (QED) is 0.471. The van der Waals surface area contributed by atoms with Crippen LogP contribution in [0.4, 0.5) is 15.8 Å². The molecule has 2 aromatic carbocycles. The van der Waals surface area contributed by atoms with Crippen molar-refractivity contribution in [2.45, 2.75) is 20.0 Å². The fourth-order valence-electron chi connectivity index (χ4n) is 2.45. The van der Waals surface area contributed by atoms with Gasteiger partial charge < -0.3 is 10.2 Å². The molecule has 0 saturated heterocycles. The van der Waals surface area contributed by atoms with Crippen molar-refractivity contribution in [2.24, 2.45) is 0 Å². The normalized spacial score (nSPS) is 10.8. The van der Waals surface area contributed by atoms with Crippen molar-refractivity contribution in [1.82, 2.24) is 4.90 Å². The predicted molar refractivity (Wildman–Crippen MR) is 94.2 cm³/mol. The van der Waals surface area contributed by atoms with Crippen LogP contribution in [0.25, 0.3) is 0 Å². The summed E-state index contributed by atoms with van der Waals surface area (Å²) in [5.41, 5.74) is 1.80. The molecule has 0 bridgehead atoms. The van der Waals surface area contributed by atoms with Gasteiger partial charge in [-0.05, 0) is 50.8 Å². The van der Waals surface area contributed by atoms with Gasteiger partial charge in [0, 0.05) is 30.3 Å². The van der Waals surface area contributed by atoms with Crippen LogP contribution in [-0.4, -0.2) is 29.7 Å². The lowest BCUT2D eigenvalue weighted by Crippen LogP contribution is -2.12. The number of nitro groups is 1. The highest BCUT2D eigenvalue weighted by atomic mass is 19.1. The Morgan fingerprint density at radius 3 is 2.56 bits per heavy atom. The third kappa shape index (κ3) is 4.84. The van der Waals surface area contributed by atoms with Crippen LogP contribution in [0.3, 0.4) is 0 Å². The van der Waals surface area contributed by atoms with Crippen LogP contribution in [0, 0.1) is 15.9 Å². The smallest absolute Gasteiger partial charge is 0.293 e. The topological polar surface area (TPSA) is 75.5 Å². The molecule has 2 aromatic rings. The summed E-state index contributed by atoms with van der Waals surface area (Å²) in [7, 11) is 3.70. The number of anilines is 1. The number of carbonyl (C=O) groups excluding carboxylic acids is 1. The number of hydrogen-bond acceptors (Lipinski definition) is 5. The van der Waals surface area contributed by atoms with Crippen LogP contribution in [-0.2, 0) is 13.1 Å². The molecule has 6 nitrogen and oxygen atoms in total. The molecule has 1 N–H and O–H groups in total. The molecule has 7 heteroatoms. The summed E-state index contributed by atoms with van der Waals surface area (Å²) in [5, 5.41) is 14.2. The van der Waals surface area contributed by atoms with E-state index in [-0.39, 0.29) is 22.9 Å². The van der Waals surface area contributed by atoms with Gasteiger partial charge in [0.2, 0.25) is 0 Å². The minimum Gasteiger partial charge on any atom is -0.375 e. The highest BCUT2D eigenvalue weighted by molar-refractivity contribution is 5.95. The summed E-state index contributed by atoms with van der Waals surface area (Å²) in [6.07, 6.45) is 0. The molecule has 0 amide bonds. The van der Waals surface area contributed by atoms with E-state index in [0.717, 1.165) is 5.56 Å². The van der Waals surface area contributed by atoms with E-state index in [1.54, 1.807) is 18.2 Å². The summed E-state index contributed by atoms with van der Waals surface area (Å²) in [6.45, 7) is 2.13. The van der Waals surface area contributed by atoms with Gasteiger partial charge in [0.15, 0.2) is 5.78 Å². The Kier molecular flexibility index (Phi) is 5.82. The number of carbonyl (C=O) groups is 1. The Labute approximate surface area is 145 Å². The lowest BCUT2D eigenvalue weighted by atomic mass is 10.1. The van der Waals surface area contributed by atoms with E-state index in [0.29, 0.717) is 24.3 Å². The number of hydrogen-bond donors (Lipinski definition) is 1. The van der Waals surface area contributed by atoms with Crippen molar-refractivity contribution in [2.75, 3.05) is 19.4 Å². The zero-order chi connectivity index (χ0) is 18.6. The molecule has 0 aliphatic carbocycles. The number of nitrogens with one attached hydrogen (secondary N) is 1. The Bertz CT molecular complexity index is 806. The monoisotopic (exact) mass is 345 g/mol. The Morgan fingerprint density at radius 1 is 1.24 bits per heavy atom. The Morgan fingerprint density at radius 2 is 1.96 bits per heavy atom. The van der Waals surface area contributed by atoms with Crippen LogP contribution >= 0.6 is 0 Å². The maximum atomic E-state index is 13.8. The first-order valence-electron chi connectivity index (χ1n) is 7.73. The zero-order valence-corrected chi connectivity index (χ0v) is 14.4. The standard InChI is InChI=1S/C18H20FN3O3/c1-12(23)14-5-7-17(18(9-14)22(24)25)20-10-13-4-6-16(19)15(8-13)11-21(2)3/h4-9,20H,10-11H2,1-3H3. The maximum absolute atomic E-state index is 13.8. The molecule has 132 valence electrons. The zero-order valence-electron chi connectivity index (χ0n) is 14.4. The first-order valence-corrected chi connectivity index (χ1v) is 7.73. The number of benzene rings is 2. The molecule has 0 heterocycles. The summed E-state index contributed by atoms with van der Waals surface area (Å²) < 4.78 is 13.8. The fourth-order valence-corrected chi connectivity index (χ4v) is 2.45. The SMILES string of the molecule is CC(=O)c1ccc(NCc2ccc(F)c(CN(C)C)c2)c([N+](=O)[O-])c1. The Hall–Kier alpha value is -2.80.